The van der Waals surface area contributed by atoms with Gasteiger partial charge in [-0.3, -0.25) is 9.59 Å². The lowest BCUT2D eigenvalue weighted by Gasteiger charge is -2.33. The smallest absolute Gasteiger partial charge is 0.341 e. The van der Waals surface area contributed by atoms with Crippen LogP contribution in [0.3, 0.4) is 0 Å². The van der Waals surface area contributed by atoms with Gasteiger partial charge in [0, 0.05) is 25.3 Å². The molecule has 0 spiro atoms. The Morgan fingerprint density at radius 2 is 1.82 bits per heavy atom. The number of carbonyl (C=O) groups excluding carboxylic acids is 3. The summed E-state index contributed by atoms with van der Waals surface area (Å²) in [4.78, 5) is 37.2. The van der Waals surface area contributed by atoms with Gasteiger partial charge in [-0.2, -0.15) is 0 Å². The van der Waals surface area contributed by atoms with Crippen LogP contribution >= 0.6 is 0 Å². The minimum Gasteiger partial charge on any atom is -0.465 e. The van der Waals surface area contributed by atoms with Gasteiger partial charge in [0.1, 0.15) is 11.3 Å². The lowest BCUT2D eigenvalue weighted by molar-refractivity contribution is -0.132. The Hall–Kier alpha value is -2.93. The molecule has 2 unspecified atom stereocenters. The summed E-state index contributed by atoms with van der Waals surface area (Å²) in [6.07, 6.45) is 6.76. The number of rotatable bonds is 10. The van der Waals surface area contributed by atoms with Crippen LogP contribution in [0.25, 0.3) is 0 Å². The van der Waals surface area contributed by atoms with Crippen molar-refractivity contribution < 1.29 is 33.7 Å². The van der Waals surface area contributed by atoms with Crippen LogP contribution in [0.1, 0.15) is 87.2 Å². The van der Waals surface area contributed by atoms with Crippen LogP contribution in [0.5, 0.6) is 11.5 Å². The fraction of sp³-hybridized carbons (Fsp3) is 0.519. The fourth-order valence-electron chi connectivity index (χ4n) is 4.52. The summed E-state index contributed by atoms with van der Waals surface area (Å²) in [5.41, 5.74) is 2.86. The maximum absolute atomic E-state index is 13.0. The fourth-order valence-corrected chi connectivity index (χ4v) is 4.52. The highest BCUT2D eigenvalue weighted by Crippen LogP contribution is 2.49. The molecule has 0 aliphatic heterocycles. The second-order valence-electron chi connectivity index (χ2n) is 8.79. The summed E-state index contributed by atoms with van der Waals surface area (Å²) < 4.78 is 16.4. The Kier molecular flexibility index (Phi) is 10.1. The summed E-state index contributed by atoms with van der Waals surface area (Å²) in [7, 11) is 1.27. The Morgan fingerprint density at radius 1 is 1.15 bits per heavy atom. The van der Waals surface area contributed by atoms with Crippen molar-refractivity contribution in [2.24, 2.45) is 5.92 Å². The third-order valence-electron chi connectivity index (χ3n) is 6.11. The molecule has 2 rings (SSSR count). The van der Waals surface area contributed by atoms with Gasteiger partial charge in [0.25, 0.3) is 0 Å². The van der Waals surface area contributed by atoms with Crippen molar-refractivity contribution in [3.63, 3.8) is 0 Å². The maximum atomic E-state index is 13.0. The number of hydrogen-bond donors (Lipinski definition) is 1. The first-order valence-electron chi connectivity index (χ1n) is 11.7. The molecule has 1 N–H and O–H groups in total. The lowest BCUT2D eigenvalue weighted by Crippen LogP contribution is -2.23. The zero-order valence-electron chi connectivity index (χ0n) is 20.9. The van der Waals surface area contributed by atoms with E-state index in [1.165, 1.54) is 21.0 Å². The van der Waals surface area contributed by atoms with Crippen LogP contribution in [-0.4, -0.2) is 36.7 Å². The first-order chi connectivity index (χ1) is 16.1. The third kappa shape index (κ3) is 6.56. The molecule has 0 fully saturated rings. The number of unbranched alkanes of at least 4 members (excludes halogenated alkanes) is 2. The topological polar surface area (TPSA) is 99.1 Å². The van der Waals surface area contributed by atoms with E-state index >= 15 is 0 Å². The van der Waals surface area contributed by atoms with E-state index < -0.39 is 23.8 Å². The zero-order chi connectivity index (χ0) is 25.4. The zero-order valence-corrected chi connectivity index (χ0v) is 20.9. The van der Waals surface area contributed by atoms with E-state index in [-0.39, 0.29) is 29.6 Å². The molecule has 0 saturated carbocycles. The summed E-state index contributed by atoms with van der Waals surface area (Å²) >= 11 is 0. The average molecular weight is 473 g/mol. The van der Waals surface area contributed by atoms with Gasteiger partial charge in [0.15, 0.2) is 5.75 Å². The van der Waals surface area contributed by atoms with Crippen molar-refractivity contribution in [1.29, 1.82) is 0 Å². The van der Waals surface area contributed by atoms with Crippen molar-refractivity contribution in [2.75, 3.05) is 13.7 Å². The maximum Gasteiger partial charge on any atom is 0.341 e. The van der Waals surface area contributed by atoms with Gasteiger partial charge in [0.2, 0.25) is 0 Å². The predicted octanol–water partition coefficient (Wildman–Crippen LogP) is 5.04. The van der Waals surface area contributed by atoms with Crippen LogP contribution in [0.2, 0.25) is 0 Å². The van der Waals surface area contributed by atoms with Gasteiger partial charge in [-0.05, 0) is 55.7 Å². The number of methoxy groups -OCH3 is 1. The number of aliphatic hydroxyl groups is 1. The first kappa shape index (κ1) is 27.3. The number of hydrogen-bond acceptors (Lipinski definition) is 7. The predicted molar refractivity (Wildman–Crippen MR) is 129 cm³/mol. The van der Waals surface area contributed by atoms with Crippen LogP contribution in [0.4, 0.5) is 0 Å². The Balaban J connectivity index is 2.92. The first-order valence-corrected chi connectivity index (χ1v) is 11.7. The molecular weight excluding hydrogens is 436 g/mol. The molecule has 0 aromatic heterocycles. The third-order valence-corrected chi connectivity index (χ3v) is 6.11. The van der Waals surface area contributed by atoms with E-state index in [0.29, 0.717) is 29.5 Å². The quantitative estimate of drug-likeness (QED) is 0.220. The number of aliphatic hydroxyl groups excluding tert-OH is 1. The number of carbonyl (C=O) groups is 3. The Labute approximate surface area is 201 Å². The molecule has 7 nitrogen and oxygen atoms in total. The monoisotopic (exact) mass is 472 g/mol. The normalized spacial score (nSPS) is 17.5. The van der Waals surface area contributed by atoms with E-state index in [2.05, 4.69) is 13.5 Å². The highest BCUT2D eigenvalue weighted by atomic mass is 16.6. The molecule has 0 amide bonds. The van der Waals surface area contributed by atoms with E-state index in [4.69, 9.17) is 14.2 Å². The molecule has 186 valence electrons. The van der Waals surface area contributed by atoms with E-state index in [0.717, 1.165) is 31.3 Å². The molecule has 34 heavy (non-hydrogen) atoms. The van der Waals surface area contributed by atoms with Gasteiger partial charge in [-0.25, -0.2) is 4.79 Å². The van der Waals surface area contributed by atoms with Crippen LogP contribution in [-0.2, 0) is 20.7 Å². The largest absolute Gasteiger partial charge is 0.465 e. The van der Waals surface area contributed by atoms with Gasteiger partial charge in [0.05, 0.1) is 13.7 Å². The Bertz CT molecular complexity index is 974. The SMILES string of the molecule is C=C(CO)C1CCC(C)=CC1c1c(OC(C)=O)cc(CCCCC)c(C(=O)OC)c1OC(C)=O. The number of aryl methyl sites for hydroxylation is 1. The lowest BCUT2D eigenvalue weighted by atomic mass is 9.73. The molecule has 0 bridgehead atoms. The number of allylic oxidation sites excluding steroid dienone is 2. The second-order valence-corrected chi connectivity index (χ2v) is 8.79. The average Bonchev–Trinajstić information content (AvgIpc) is 2.77. The molecule has 0 heterocycles. The summed E-state index contributed by atoms with van der Waals surface area (Å²) in [5, 5.41) is 9.83. The van der Waals surface area contributed by atoms with E-state index in [9.17, 15) is 19.5 Å². The molecular formula is C27H36O7. The van der Waals surface area contributed by atoms with E-state index in [1.807, 2.05) is 13.0 Å². The van der Waals surface area contributed by atoms with Gasteiger partial charge < -0.3 is 19.3 Å². The Morgan fingerprint density at radius 3 is 2.38 bits per heavy atom. The molecule has 7 heteroatoms. The molecule has 0 radical (unpaired) electrons. The van der Waals surface area contributed by atoms with Crippen LogP contribution in [0.15, 0.2) is 29.9 Å². The van der Waals surface area contributed by atoms with E-state index in [1.54, 1.807) is 6.07 Å². The minimum absolute atomic E-state index is 0.0382. The van der Waals surface area contributed by atoms with Crippen LogP contribution in [0, 0.1) is 5.92 Å². The van der Waals surface area contributed by atoms with Gasteiger partial charge in [-0.15, -0.1) is 0 Å². The molecule has 1 aromatic carbocycles. The molecule has 1 aliphatic rings. The molecule has 0 saturated heterocycles. The number of esters is 3. The summed E-state index contributed by atoms with van der Waals surface area (Å²) in [5.74, 6) is -2.13. The van der Waals surface area contributed by atoms with Crippen molar-refractivity contribution in [1.82, 2.24) is 0 Å². The summed E-state index contributed by atoms with van der Waals surface area (Å²) in [6.45, 7) is 10.4. The van der Waals surface area contributed by atoms with Crippen molar-refractivity contribution in [3.8, 4) is 11.5 Å². The number of ether oxygens (including phenoxy) is 3. The standard InChI is InChI=1S/C27H36O7/c1-7-8-9-10-20-14-23(33-18(4)29)25(26(34-19(5)30)24(20)27(31)32-6)22-13-16(2)11-12-21(22)17(3)15-28/h13-14,21-22,28H,3,7-12,15H2,1-2,4-6H3. The molecule has 2 atom stereocenters. The second kappa shape index (κ2) is 12.5. The van der Waals surface area contributed by atoms with Crippen molar-refractivity contribution in [2.45, 2.75) is 72.1 Å². The highest BCUT2D eigenvalue weighted by Gasteiger charge is 2.36. The van der Waals surface area contributed by atoms with Gasteiger partial charge >= 0.3 is 17.9 Å². The number of benzene rings is 1. The van der Waals surface area contributed by atoms with Crippen molar-refractivity contribution in [3.05, 3.63) is 46.6 Å². The molecule has 1 aliphatic carbocycles. The minimum atomic E-state index is -0.632. The molecule has 1 aromatic rings. The highest BCUT2D eigenvalue weighted by molar-refractivity contribution is 5.96. The van der Waals surface area contributed by atoms with Crippen LogP contribution < -0.4 is 9.47 Å². The summed E-state index contributed by atoms with van der Waals surface area (Å²) in [6, 6.07) is 1.68. The van der Waals surface area contributed by atoms with Crippen molar-refractivity contribution >= 4 is 17.9 Å². The van der Waals surface area contributed by atoms with Gasteiger partial charge in [-0.1, -0.05) is 38.0 Å².